The van der Waals surface area contributed by atoms with Crippen LogP contribution in [0.1, 0.15) is 10.4 Å². The summed E-state index contributed by atoms with van der Waals surface area (Å²) >= 11 is 5.91. The van der Waals surface area contributed by atoms with Crippen molar-refractivity contribution in [1.29, 1.82) is 0 Å². The molecule has 0 unspecified atom stereocenters. The Morgan fingerprint density at radius 1 is 1.19 bits per heavy atom. The van der Waals surface area contributed by atoms with Crippen molar-refractivity contribution < 1.29 is 24.1 Å². The Hall–Kier alpha value is -1.62. The van der Waals surface area contributed by atoms with Crippen molar-refractivity contribution >= 4 is 17.6 Å². The summed E-state index contributed by atoms with van der Waals surface area (Å²) in [5.41, 5.74) is -0.151. The van der Waals surface area contributed by atoms with Gasteiger partial charge >= 0.3 is 5.97 Å². The Kier molecular flexibility index (Phi) is 3.84. The van der Waals surface area contributed by atoms with E-state index in [0.717, 1.165) is 0 Å². The van der Waals surface area contributed by atoms with E-state index in [0.29, 0.717) is 5.75 Å². The van der Waals surface area contributed by atoms with E-state index in [1.807, 2.05) is 0 Å². The number of carbonyl (C=O) groups is 1. The molecule has 0 radical (unpaired) electrons. The molecule has 1 rings (SSSR count). The van der Waals surface area contributed by atoms with E-state index in [1.54, 1.807) is 0 Å². The molecule has 0 bridgehead atoms. The molecule has 88 valence electrons. The van der Waals surface area contributed by atoms with Gasteiger partial charge in [0, 0.05) is 6.07 Å². The zero-order valence-corrected chi connectivity index (χ0v) is 9.79. The van der Waals surface area contributed by atoms with E-state index in [1.165, 1.54) is 27.4 Å². The molecule has 6 heteroatoms. The van der Waals surface area contributed by atoms with Crippen LogP contribution in [0.15, 0.2) is 6.07 Å². The lowest BCUT2D eigenvalue weighted by Crippen LogP contribution is -2.04. The molecule has 0 aliphatic heterocycles. The molecule has 0 aliphatic rings. The first-order valence-electron chi connectivity index (χ1n) is 4.28. The Morgan fingerprint density at radius 3 is 2.12 bits per heavy atom. The quantitative estimate of drug-likeness (QED) is 0.881. The summed E-state index contributed by atoms with van der Waals surface area (Å²) in [7, 11) is 4.15. The average Bonchev–Trinajstić information content (AvgIpc) is 2.26. The first kappa shape index (κ1) is 12.4. The molecule has 16 heavy (non-hydrogen) atoms. The van der Waals surface area contributed by atoms with Gasteiger partial charge in [-0.15, -0.1) is 0 Å². The third-order valence-corrected chi connectivity index (χ3v) is 2.37. The van der Waals surface area contributed by atoms with Crippen LogP contribution in [0.3, 0.4) is 0 Å². The summed E-state index contributed by atoms with van der Waals surface area (Å²) in [4.78, 5) is 11.0. The number of aromatic carboxylic acids is 1. The van der Waals surface area contributed by atoms with Crippen LogP contribution >= 0.6 is 11.6 Å². The highest BCUT2D eigenvalue weighted by Crippen LogP contribution is 2.42. The molecule has 1 aromatic rings. The SMILES string of the molecule is COc1cc(OC)c(C(=O)O)c(Cl)c1OC. The predicted octanol–water partition coefficient (Wildman–Crippen LogP) is 2.06. The number of hydrogen-bond donors (Lipinski definition) is 1. The van der Waals surface area contributed by atoms with Gasteiger partial charge in [-0.3, -0.25) is 0 Å². The second-order valence-corrected chi connectivity index (χ2v) is 3.19. The zero-order valence-electron chi connectivity index (χ0n) is 9.04. The van der Waals surface area contributed by atoms with Crippen molar-refractivity contribution in [3.05, 3.63) is 16.7 Å². The number of hydrogen-bond acceptors (Lipinski definition) is 4. The largest absolute Gasteiger partial charge is 0.496 e. The van der Waals surface area contributed by atoms with Crippen LogP contribution in [-0.2, 0) is 0 Å². The number of halogens is 1. The van der Waals surface area contributed by atoms with E-state index >= 15 is 0 Å². The van der Waals surface area contributed by atoms with Crippen molar-refractivity contribution in [3.63, 3.8) is 0 Å². The van der Waals surface area contributed by atoms with Gasteiger partial charge in [0.05, 0.1) is 21.3 Å². The lowest BCUT2D eigenvalue weighted by molar-refractivity contribution is 0.0693. The third-order valence-electron chi connectivity index (χ3n) is 2.01. The predicted molar refractivity (Wildman–Crippen MR) is 58.1 cm³/mol. The van der Waals surface area contributed by atoms with Gasteiger partial charge in [0.25, 0.3) is 0 Å². The second-order valence-electron chi connectivity index (χ2n) is 2.81. The van der Waals surface area contributed by atoms with Crippen LogP contribution in [0.25, 0.3) is 0 Å². The summed E-state index contributed by atoms with van der Waals surface area (Å²) in [6.07, 6.45) is 0. The Labute approximate surface area is 97.5 Å². The summed E-state index contributed by atoms with van der Waals surface area (Å²) in [5.74, 6) is -0.588. The standard InChI is InChI=1S/C10H11ClO5/c1-14-5-4-6(15-2)9(16-3)8(11)7(5)10(12)13/h4H,1-3H3,(H,12,13). The third kappa shape index (κ3) is 1.99. The normalized spacial score (nSPS) is 9.75. The fourth-order valence-electron chi connectivity index (χ4n) is 1.29. The van der Waals surface area contributed by atoms with Crippen LogP contribution in [0, 0.1) is 0 Å². The van der Waals surface area contributed by atoms with Crippen molar-refractivity contribution in [1.82, 2.24) is 0 Å². The summed E-state index contributed by atoms with van der Waals surface area (Å²) in [5, 5.41) is 8.95. The molecule has 0 saturated heterocycles. The Balaban J connectivity index is 3.55. The summed E-state index contributed by atoms with van der Waals surface area (Å²) < 4.78 is 14.9. The lowest BCUT2D eigenvalue weighted by atomic mass is 10.1. The van der Waals surface area contributed by atoms with Gasteiger partial charge in [0.2, 0.25) is 0 Å². The fourth-order valence-corrected chi connectivity index (χ4v) is 1.63. The van der Waals surface area contributed by atoms with E-state index in [-0.39, 0.29) is 22.1 Å². The summed E-state index contributed by atoms with van der Waals surface area (Å²) in [6, 6.07) is 1.41. The number of benzene rings is 1. The van der Waals surface area contributed by atoms with Gasteiger partial charge in [-0.25, -0.2) is 4.79 Å². The minimum absolute atomic E-state index is 0.0498. The number of rotatable bonds is 4. The van der Waals surface area contributed by atoms with Gasteiger partial charge in [-0.05, 0) is 0 Å². The number of methoxy groups -OCH3 is 3. The van der Waals surface area contributed by atoms with Crippen LogP contribution < -0.4 is 14.2 Å². The first-order chi connectivity index (χ1) is 7.56. The Bertz CT molecular complexity index is 416. The van der Waals surface area contributed by atoms with E-state index in [2.05, 4.69) is 0 Å². The molecule has 1 N–H and O–H groups in total. The Morgan fingerprint density at radius 2 is 1.75 bits per heavy atom. The monoisotopic (exact) mass is 246 g/mol. The van der Waals surface area contributed by atoms with E-state index in [4.69, 9.17) is 30.9 Å². The van der Waals surface area contributed by atoms with Gasteiger partial charge in [0.15, 0.2) is 11.5 Å². The van der Waals surface area contributed by atoms with Gasteiger partial charge in [0.1, 0.15) is 16.3 Å². The highest BCUT2D eigenvalue weighted by atomic mass is 35.5. The topological polar surface area (TPSA) is 65.0 Å². The summed E-state index contributed by atoms with van der Waals surface area (Å²) in [6.45, 7) is 0. The number of carboxylic acids is 1. The van der Waals surface area contributed by atoms with Crippen molar-refractivity contribution in [2.75, 3.05) is 21.3 Å². The molecule has 0 aliphatic carbocycles. The molecule has 0 heterocycles. The minimum atomic E-state index is -1.19. The van der Waals surface area contributed by atoms with Gasteiger partial charge in [-0.1, -0.05) is 11.6 Å². The second kappa shape index (κ2) is 4.94. The molecule has 0 atom stereocenters. The molecular formula is C10H11ClO5. The molecule has 1 aromatic carbocycles. The number of carboxylic acid groups (broad SMARTS) is 1. The van der Waals surface area contributed by atoms with Crippen LogP contribution in [0.4, 0.5) is 0 Å². The zero-order chi connectivity index (χ0) is 12.3. The molecule has 0 fully saturated rings. The highest BCUT2D eigenvalue weighted by Gasteiger charge is 2.23. The molecule has 0 spiro atoms. The molecule has 0 saturated carbocycles. The van der Waals surface area contributed by atoms with Crippen molar-refractivity contribution in [3.8, 4) is 17.2 Å². The van der Waals surface area contributed by atoms with Gasteiger partial charge < -0.3 is 19.3 Å². The molecule has 0 amide bonds. The highest BCUT2D eigenvalue weighted by molar-refractivity contribution is 6.35. The van der Waals surface area contributed by atoms with Crippen molar-refractivity contribution in [2.45, 2.75) is 0 Å². The fraction of sp³-hybridized carbons (Fsp3) is 0.300. The molecule has 0 aromatic heterocycles. The maximum atomic E-state index is 11.0. The maximum absolute atomic E-state index is 11.0. The van der Waals surface area contributed by atoms with Crippen LogP contribution in [0.2, 0.25) is 5.02 Å². The van der Waals surface area contributed by atoms with E-state index < -0.39 is 5.97 Å². The maximum Gasteiger partial charge on any atom is 0.341 e. The van der Waals surface area contributed by atoms with Crippen molar-refractivity contribution in [2.24, 2.45) is 0 Å². The van der Waals surface area contributed by atoms with E-state index in [9.17, 15) is 4.79 Å². The van der Waals surface area contributed by atoms with Crippen LogP contribution in [0.5, 0.6) is 17.2 Å². The molecule has 5 nitrogen and oxygen atoms in total. The minimum Gasteiger partial charge on any atom is -0.496 e. The first-order valence-corrected chi connectivity index (χ1v) is 4.66. The average molecular weight is 247 g/mol. The smallest absolute Gasteiger partial charge is 0.341 e. The number of ether oxygens (including phenoxy) is 3. The van der Waals surface area contributed by atoms with Gasteiger partial charge in [-0.2, -0.15) is 0 Å². The lowest BCUT2D eigenvalue weighted by Gasteiger charge is -2.14. The molecular weight excluding hydrogens is 236 g/mol. The van der Waals surface area contributed by atoms with Crippen LogP contribution in [-0.4, -0.2) is 32.4 Å².